The number of hydrogen-bond donors (Lipinski definition) is 1. The third-order valence-corrected chi connectivity index (χ3v) is 4.82. The molecule has 0 atom stereocenters. The summed E-state index contributed by atoms with van der Waals surface area (Å²) in [5.74, 6) is -0.716. The summed E-state index contributed by atoms with van der Waals surface area (Å²) in [7, 11) is 0. The van der Waals surface area contributed by atoms with Crippen LogP contribution in [0, 0.1) is 13.8 Å². The van der Waals surface area contributed by atoms with Crippen molar-refractivity contribution in [2.45, 2.75) is 39.7 Å². The Balaban J connectivity index is 1.79. The van der Waals surface area contributed by atoms with Crippen LogP contribution in [0.5, 0.6) is 0 Å². The summed E-state index contributed by atoms with van der Waals surface area (Å²) >= 11 is 0. The number of carbonyl (C=O) groups excluding carboxylic acids is 1. The van der Waals surface area contributed by atoms with Crippen LogP contribution in [0.1, 0.15) is 44.6 Å². The molecule has 0 saturated heterocycles. The van der Waals surface area contributed by atoms with Crippen molar-refractivity contribution in [1.82, 2.24) is 4.90 Å². The fourth-order valence-corrected chi connectivity index (χ4v) is 3.33. The molecule has 2 aromatic carbocycles. The molecule has 4 nitrogen and oxygen atoms in total. The first-order valence-electron chi connectivity index (χ1n) is 8.63. The van der Waals surface area contributed by atoms with E-state index in [4.69, 9.17) is 5.11 Å². The fraction of sp³-hybridized carbons (Fsp3) is 0.333. The molecule has 1 N–H and O–H groups in total. The summed E-state index contributed by atoms with van der Waals surface area (Å²) in [6.45, 7) is 5.27. The number of hydrogen-bond acceptors (Lipinski definition) is 2. The highest BCUT2D eigenvalue weighted by atomic mass is 16.4. The molecule has 1 heterocycles. The summed E-state index contributed by atoms with van der Waals surface area (Å²) in [4.78, 5) is 25.6. The number of rotatable bonds is 4. The highest BCUT2D eigenvalue weighted by Crippen LogP contribution is 2.23. The molecule has 0 aliphatic carbocycles. The lowest BCUT2D eigenvalue weighted by atomic mass is 9.95. The van der Waals surface area contributed by atoms with Gasteiger partial charge in [-0.25, -0.2) is 0 Å². The second kappa shape index (κ2) is 7.09. The number of benzene rings is 2. The molecule has 4 heteroatoms. The normalized spacial score (nSPS) is 13.4. The molecule has 0 spiro atoms. The van der Waals surface area contributed by atoms with Gasteiger partial charge in [0, 0.05) is 25.1 Å². The van der Waals surface area contributed by atoms with Gasteiger partial charge in [-0.05, 0) is 55.0 Å². The molecule has 2 aromatic rings. The molecule has 0 aromatic heterocycles. The smallest absolute Gasteiger partial charge is 0.303 e. The van der Waals surface area contributed by atoms with E-state index < -0.39 is 5.97 Å². The van der Waals surface area contributed by atoms with Gasteiger partial charge in [-0.3, -0.25) is 9.59 Å². The fourth-order valence-electron chi connectivity index (χ4n) is 3.33. The van der Waals surface area contributed by atoms with Crippen LogP contribution in [0.15, 0.2) is 36.4 Å². The molecule has 3 rings (SSSR count). The zero-order valence-corrected chi connectivity index (χ0v) is 14.7. The molecular weight excluding hydrogens is 314 g/mol. The van der Waals surface area contributed by atoms with Crippen LogP contribution in [-0.2, 0) is 24.2 Å². The molecule has 130 valence electrons. The number of amides is 1. The van der Waals surface area contributed by atoms with Gasteiger partial charge < -0.3 is 10.0 Å². The van der Waals surface area contributed by atoms with E-state index in [1.54, 1.807) is 0 Å². The number of aryl methyl sites for hydroxylation is 3. The maximum Gasteiger partial charge on any atom is 0.303 e. The minimum Gasteiger partial charge on any atom is -0.481 e. The Kier molecular flexibility index (Phi) is 4.88. The van der Waals surface area contributed by atoms with Gasteiger partial charge in [-0.15, -0.1) is 0 Å². The van der Waals surface area contributed by atoms with Gasteiger partial charge in [-0.2, -0.15) is 0 Å². The Hall–Kier alpha value is -2.62. The molecule has 1 aliphatic rings. The van der Waals surface area contributed by atoms with Crippen LogP contribution >= 0.6 is 0 Å². The number of carbonyl (C=O) groups is 2. The van der Waals surface area contributed by atoms with Crippen molar-refractivity contribution in [2.75, 3.05) is 6.54 Å². The number of carboxylic acids is 1. The van der Waals surface area contributed by atoms with Crippen LogP contribution in [0.2, 0.25) is 0 Å². The molecule has 1 aliphatic heterocycles. The molecule has 0 radical (unpaired) electrons. The zero-order valence-electron chi connectivity index (χ0n) is 14.7. The quantitative estimate of drug-likeness (QED) is 0.929. The van der Waals surface area contributed by atoms with Gasteiger partial charge in [0.05, 0.1) is 0 Å². The van der Waals surface area contributed by atoms with Crippen molar-refractivity contribution < 1.29 is 14.7 Å². The van der Waals surface area contributed by atoms with Crippen LogP contribution in [-0.4, -0.2) is 28.4 Å². The maximum absolute atomic E-state index is 12.9. The van der Waals surface area contributed by atoms with Crippen molar-refractivity contribution in [3.8, 4) is 0 Å². The maximum atomic E-state index is 12.9. The average molecular weight is 337 g/mol. The Bertz CT molecular complexity index is 826. The summed E-state index contributed by atoms with van der Waals surface area (Å²) in [5, 5.41) is 8.85. The van der Waals surface area contributed by atoms with Crippen LogP contribution in [0.3, 0.4) is 0 Å². The number of fused-ring (bicyclic) bond motifs is 1. The van der Waals surface area contributed by atoms with E-state index >= 15 is 0 Å². The molecule has 25 heavy (non-hydrogen) atoms. The van der Waals surface area contributed by atoms with Crippen molar-refractivity contribution in [3.05, 3.63) is 69.8 Å². The largest absolute Gasteiger partial charge is 0.481 e. The van der Waals surface area contributed by atoms with Crippen LogP contribution in [0.25, 0.3) is 0 Å². The second-order valence-corrected chi connectivity index (χ2v) is 6.79. The van der Waals surface area contributed by atoms with Gasteiger partial charge in [0.2, 0.25) is 0 Å². The van der Waals surface area contributed by atoms with Crippen LogP contribution in [0.4, 0.5) is 0 Å². The van der Waals surface area contributed by atoms with E-state index in [-0.39, 0.29) is 12.3 Å². The molecule has 0 saturated carbocycles. The first kappa shape index (κ1) is 17.2. The summed E-state index contributed by atoms with van der Waals surface area (Å²) in [6.07, 6.45) is 1.49. The number of carboxylic acid groups (broad SMARTS) is 1. The van der Waals surface area contributed by atoms with Gasteiger partial charge >= 0.3 is 5.97 Å². The van der Waals surface area contributed by atoms with E-state index in [0.717, 1.165) is 34.2 Å². The van der Waals surface area contributed by atoms with E-state index in [1.165, 1.54) is 5.56 Å². The standard InChI is InChI=1S/C21H23NO3/c1-14-3-4-15(2)19(11-14)21(25)22-10-9-17-7-5-16(6-8-20(23)24)12-18(17)13-22/h3-5,7,11-12H,6,8-10,13H2,1-2H3,(H,23,24). The average Bonchev–Trinajstić information content (AvgIpc) is 2.60. The van der Waals surface area contributed by atoms with E-state index in [1.807, 2.05) is 43.0 Å². The predicted molar refractivity (Wildman–Crippen MR) is 96.8 cm³/mol. The summed E-state index contributed by atoms with van der Waals surface area (Å²) in [5.41, 5.74) is 6.25. The minimum absolute atomic E-state index is 0.0720. The molecule has 0 fully saturated rings. The Morgan fingerprint density at radius 3 is 2.64 bits per heavy atom. The second-order valence-electron chi connectivity index (χ2n) is 6.79. The lowest BCUT2D eigenvalue weighted by molar-refractivity contribution is -0.136. The first-order chi connectivity index (χ1) is 11.9. The Morgan fingerprint density at radius 2 is 1.88 bits per heavy atom. The van der Waals surface area contributed by atoms with E-state index in [9.17, 15) is 9.59 Å². The lowest BCUT2D eigenvalue weighted by Gasteiger charge is -2.30. The van der Waals surface area contributed by atoms with Crippen molar-refractivity contribution in [2.24, 2.45) is 0 Å². The molecule has 0 bridgehead atoms. The number of aliphatic carboxylic acids is 1. The van der Waals surface area contributed by atoms with E-state index in [0.29, 0.717) is 19.5 Å². The minimum atomic E-state index is -0.788. The third kappa shape index (κ3) is 3.90. The molecular formula is C21H23NO3. The highest BCUT2D eigenvalue weighted by molar-refractivity contribution is 5.96. The van der Waals surface area contributed by atoms with Gasteiger partial charge in [0.25, 0.3) is 5.91 Å². The van der Waals surface area contributed by atoms with Crippen LogP contribution < -0.4 is 0 Å². The van der Waals surface area contributed by atoms with Gasteiger partial charge in [-0.1, -0.05) is 35.9 Å². The first-order valence-corrected chi connectivity index (χ1v) is 8.63. The van der Waals surface area contributed by atoms with Gasteiger partial charge in [0.1, 0.15) is 0 Å². The lowest BCUT2D eigenvalue weighted by Crippen LogP contribution is -2.36. The van der Waals surface area contributed by atoms with Crippen molar-refractivity contribution in [1.29, 1.82) is 0 Å². The Labute approximate surface area is 148 Å². The Morgan fingerprint density at radius 1 is 1.08 bits per heavy atom. The van der Waals surface area contributed by atoms with Crippen molar-refractivity contribution >= 4 is 11.9 Å². The molecule has 1 amide bonds. The third-order valence-electron chi connectivity index (χ3n) is 4.82. The summed E-state index contributed by atoms with van der Waals surface area (Å²) < 4.78 is 0. The van der Waals surface area contributed by atoms with Crippen molar-refractivity contribution in [3.63, 3.8) is 0 Å². The summed E-state index contributed by atoms with van der Waals surface area (Å²) in [6, 6.07) is 12.1. The zero-order chi connectivity index (χ0) is 18.0. The van der Waals surface area contributed by atoms with Gasteiger partial charge in [0.15, 0.2) is 0 Å². The molecule has 0 unspecified atom stereocenters. The van der Waals surface area contributed by atoms with E-state index in [2.05, 4.69) is 12.1 Å². The SMILES string of the molecule is Cc1ccc(C)c(C(=O)N2CCc3ccc(CCC(=O)O)cc3C2)c1. The number of nitrogens with zero attached hydrogens (tertiary/aromatic N) is 1. The highest BCUT2D eigenvalue weighted by Gasteiger charge is 2.23. The predicted octanol–water partition coefficient (Wildman–Crippen LogP) is 3.52. The monoisotopic (exact) mass is 337 g/mol. The topological polar surface area (TPSA) is 57.6 Å².